The number of carbonyl (C=O) groups is 1. The van der Waals surface area contributed by atoms with Crippen LogP contribution >= 0.6 is 15.9 Å². The van der Waals surface area contributed by atoms with Gasteiger partial charge in [0.15, 0.2) is 0 Å². The summed E-state index contributed by atoms with van der Waals surface area (Å²) in [5, 5.41) is 0. The molecule has 0 aromatic heterocycles. The number of likely N-dealkylation sites (tertiary alicyclic amines) is 1. The van der Waals surface area contributed by atoms with Crippen LogP contribution in [-0.4, -0.2) is 41.4 Å². The van der Waals surface area contributed by atoms with Gasteiger partial charge in [-0.3, -0.25) is 4.79 Å². The highest BCUT2D eigenvalue weighted by Crippen LogP contribution is 2.17. The highest BCUT2D eigenvalue weighted by atomic mass is 79.9. The van der Waals surface area contributed by atoms with E-state index in [4.69, 9.17) is 4.74 Å². The van der Waals surface area contributed by atoms with Crippen molar-refractivity contribution in [2.75, 3.05) is 19.7 Å². The molecule has 1 fully saturated rings. The SMILES string of the molecule is CC(C)OCCN1CCC(Br)C1=O. The van der Waals surface area contributed by atoms with Crippen molar-refractivity contribution >= 4 is 21.8 Å². The van der Waals surface area contributed by atoms with Crippen LogP contribution in [0.4, 0.5) is 0 Å². The zero-order valence-corrected chi connectivity index (χ0v) is 9.71. The molecule has 1 heterocycles. The number of ether oxygens (including phenoxy) is 1. The lowest BCUT2D eigenvalue weighted by molar-refractivity contribution is -0.128. The molecule has 13 heavy (non-hydrogen) atoms. The van der Waals surface area contributed by atoms with Crippen LogP contribution in [0.2, 0.25) is 0 Å². The van der Waals surface area contributed by atoms with Crippen LogP contribution < -0.4 is 0 Å². The molecule has 1 saturated heterocycles. The summed E-state index contributed by atoms with van der Waals surface area (Å²) in [4.78, 5) is 13.3. The van der Waals surface area contributed by atoms with Crippen LogP contribution in [0.25, 0.3) is 0 Å². The first-order chi connectivity index (χ1) is 6.11. The van der Waals surface area contributed by atoms with Gasteiger partial charge in [0.25, 0.3) is 0 Å². The van der Waals surface area contributed by atoms with Gasteiger partial charge in [0.1, 0.15) is 0 Å². The first-order valence-electron chi connectivity index (χ1n) is 4.65. The molecule has 1 rings (SSSR count). The second kappa shape index (κ2) is 4.96. The van der Waals surface area contributed by atoms with Gasteiger partial charge in [-0.05, 0) is 20.3 Å². The van der Waals surface area contributed by atoms with Crippen LogP contribution in [0.15, 0.2) is 0 Å². The Bertz CT molecular complexity index is 184. The maximum absolute atomic E-state index is 11.4. The predicted octanol–water partition coefficient (Wildman–Crippen LogP) is 1.41. The van der Waals surface area contributed by atoms with Crippen LogP contribution in [0.5, 0.6) is 0 Å². The summed E-state index contributed by atoms with van der Waals surface area (Å²) >= 11 is 3.33. The maximum Gasteiger partial charge on any atom is 0.236 e. The van der Waals surface area contributed by atoms with Gasteiger partial charge in [0.2, 0.25) is 5.91 Å². The molecule has 1 aliphatic rings. The van der Waals surface area contributed by atoms with Crippen molar-refractivity contribution in [2.24, 2.45) is 0 Å². The smallest absolute Gasteiger partial charge is 0.236 e. The zero-order valence-electron chi connectivity index (χ0n) is 8.12. The van der Waals surface area contributed by atoms with Crippen molar-refractivity contribution in [1.29, 1.82) is 0 Å². The number of alkyl halides is 1. The summed E-state index contributed by atoms with van der Waals surface area (Å²) < 4.78 is 5.38. The van der Waals surface area contributed by atoms with Crippen LogP contribution in [0, 0.1) is 0 Å². The van der Waals surface area contributed by atoms with E-state index in [-0.39, 0.29) is 16.8 Å². The van der Waals surface area contributed by atoms with Crippen molar-refractivity contribution in [3.05, 3.63) is 0 Å². The average Bonchev–Trinajstić information content (AvgIpc) is 2.35. The Morgan fingerprint density at radius 3 is 2.85 bits per heavy atom. The van der Waals surface area contributed by atoms with E-state index in [0.29, 0.717) is 6.61 Å². The number of hydrogen-bond donors (Lipinski definition) is 0. The monoisotopic (exact) mass is 249 g/mol. The summed E-state index contributed by atoms with van der Waals surface area (Å²) in [6.07, 6.45) is 1.16. The highest BCUT2D eigenvalue weighted by Gasteiger charge is 2.28. The number of amides is 1. The van der Waals surface area contributed by atoms with Gasteiger partial charge in [-0.1, -0.05) is 15.9 Å². The lowest BCUT2D eigenvalue weighted by Gasteiger charge is -2.16. The molecule has 0 bridgehead atoms. The van der Waals surface area contributed by atoms with Crippen LogP contribution in [0.1, 0.15) is 20.3 Å². The normalized spacial score (nSPS) is 23.2. The molecule has 0 aliphatic carbocycles. The minimum absolute atomic E-state index is 0.0338. The third-order valence-electron chi connectivity index (χ3n) is 2.04. The molecule has 4 heteroatoms. The highest BCUT2D eigenvalue weighted by molar-refractivity contribution is 9.10. The van der Waals surface area contributed by atoms with Gasteiger partial charge in [-0.25, -0.2) is 0 Å². The average molecular weight is 250 g/mol. The Balaban J connectivity index is 2.19. The molecule has 1 amide bonds. The van der Waals surface area contributed by atoms with E-state index in [9.17, 15) is 4.79 Å². The lowest BCUT2D eigenvalue weighted by atomic mass is 10.4. The molecule has 1 aliphatic heterocycles. The van der Waals surface area contributed by atoms with Gasteiger partial charge in [-0.15, -0.1) is 0 Å². The Kier molecular flexibility index (Phi) is 4.19. The Hall–Kier alpha value is -0.0900. The van der Waals surface area contributed by atoms with Gasteiger partial charge in [0.05, 0.1) is 17.5 Å². The number of nitrogens with zero attached hydrogens (tertiary/aromatic N) is 1. The van der Waals surface area contributed by atoms with E-state index in [1.165, 1.54) is 0 Å². The fourth-order valence-corrected chi connectivity index (χ4v) is 1.82. The summed E-state index contributed by atoms with van der Waals surface area (Å²) in [6.45, 7) is 6.22. The second-order valence-corrected chi connectivity index (χ2v) is 4.61. The molecule has 0 aromatic rings. The minimum Gasteiger partial charge on any atom is -0.377 e. The number of carbonyl (C=O) groups excluding carboxylic acids is 1. The van der Waals surface area contributed by atoms with E-state index in [1.807, 2.05) is 18.7 Å². The Morgan fingerprint density at radius 1 is 1.69 bits per heavy atom. The number of rotatable bonds is 4. The summed E-state index contributed by atoms with van der Waals surface area (Å²) in [5.41, 5.74) is 0. The number of hydrogen-bond acceptors (Lipinski definition) is 2. The largest absolute Gasteiger partial charge is 0.377 e. The van der Waals surface area contributed by atoms with Crippen molar-refractivity contribution in [2.45, 2.75) is 31.2 Å². The third kappa shape index (κ3) is 3.27. The first-order valence-corrected chi connectivity index (χ1v) is 5.57. The van der Waals surface area contributed by atoms with E-state index in [1.54, 1.807) is 0 Å². The maximum atomic E-state index is 11.4. The van der Waals surface area contributed by atoms with Gasteiger partial charge in [0, 0.05) is 13.1 Å². The van der Waals surface area contributed by atoms with Crippen LogP contribution in [-0.2, 0) is 9.53 Å². The molecule has 0 spiro atoms. The molecular formula is C9H16BrNO2. The second-order valence-electron chi connectivity index (χ2n) is 3.50. The molecule has 3 nitrogen and oxygen atoms in total. The molecule has 0 aromatic carbocycles. The van der Waals surface area contributed by atoms with E-state index < -0.39 is 0 Å². The quantitative estimate of drug-likeness (QED) is 0.706. The standard InChI is InChI=1S/C9H16BrNO2/c1-7(2)13-6-5-11-4-3-8(10)9(11)12/h7-8H,3-6H2,1-2H3. The summed E-state index contributed by atoms with van der Waals surface area (Å²) in [7, 11) is 0. The molecule has 1 unspecified atom stereocenters. The summed E-state index contributed by atoms with van der Waals surface area (Å²) in [6, 6.07) is 0. The molecule has 76 valence electrons. The van der Waals surface area contributed by atoms with Crippen molar-refractivity contribution in [1.82, 2.24) is 4.90 Å². The van der Waals surface area contributed by atoms with Crippen molar-refractivity contribution < 1.29 is 9.53 Å². The lowest BCUT2D eigenvalue weighted by Crippen LogP contribution is -2.31. The fourth-order valence-electron chi connectivity index (χ4n) is 1.32. The molecular weight excluding hydrogens is 234 g/mol. The number of halogens is 1. The van der Waals surface area contributed by atoms with Crippen LogP contribution in [0.3, 0.4) is 0 Å². The Morgan fingerprint density at radius 2 is 2.38 bits per heavy atom. The van der Waals surface area contributed by atoms with Gasteiger partial charge in [-0.2, -0.15) is 0 Å². The van der Waals surface area contributed by atoms with E-state index >= 15 is 0 Å². The molecule has 0 saturated carbocycles. The predicted molar refractivity (Wildman–Crippen MR) is 55.0 cm³/mol. The van der Waals surface area contributed by atoms with Gasteiger partial charge < -0.3 is 9.64 Å². The topological polar surface area (TPSA) is 29.5 Å². The molecule has 0 N–H and O–H groups in total. The Labute approximate surface area is 87.6 Å². The molecule has 0 radical (unpaired) electrons. The summed E-state index contributed by atoms with van der Waals surface area (Å²) in [5.74, 6) is 0.201. The first kappa shape index (κ1) is 11.0. The van der Waals surface area contributed by atoms with E-state index in [2.05, 4.69) is 15.9 Å². The fraction of sp³-hybridized carbons (Fsp3) is 0.889. The minimum atomic E-state index is 0.0338. The third-order valence-corrected chi connectivity index (χ3v) is 2.89. The molecule has 1 atom stereocenters. The zero-order chi connectivity index (χ0) is 9.84. The van der Waals surface area contributed by atoms with E-state index in [0.717, 1.165) is 19.5 Å². The van der Waals surface area contributed by atoms with Crippen molar-refractivity contribution in [3.63, 3.8) is 0 Å². The van der Waals surface area contributed by atoms with Gasteiger partial charge >= 0.3 is 0 Å². The van der Waals surface area contributed by atoms with Crippen molar-refractivity contribution in [3.8, 4) is 0 Å².